The standard InChI is InChI=1S/C15H17N3O5/c16-15(22)11-9-10(17-13(19)3-4-14(20)21)1-2-12(11)18-5-7-23-8-6-18/h1-4,9H,5-8H2,(H2,16,22)(H,17,19)(H,20,21)/p-1/b4-3-. The van der Waals surface area contributed by atoms with Gasteiger partial charge in [0.1, 0.15) is 0 Å². The summed E-state index contributed by atoms with van der Waals surface area (Å²) in [6, 6.07) is 4.75. The van der Waals surface area contributed by atoms with Crippen LogP contribution in [-0.2, 0) is 14.3 Å². The summed E-state index contributed by atoms with van der Waals surface area (Å²) in [4.78, 5) is 35.5. The normalized spacial score (nSPS) is 14.7. The molecule has 1 aliphatic heterocycles. The Morgan fingerprint density at radius 2 is 1.91 bits per heavy atom. The molecule has 0 bridgehead atoms. The summed E-state index contributed by atoms with van der Waals surface area (Å²) in [5.74, 6) is -2.74. The van der Waals surface area contributed by atoms with E-state index in [4.69, 9.17) is 10.5 Å². The van der Waals surface area contributed by atoms with E-state index in [9.17, 15) is 19.5 Å². The lowest BCUT2D eigenvalue weighted by molar-refractivity contribution is -0.297. The van der Waals surface area contributed by atoms with Crippen LogP contribution in [0.25, 0.3) is 0 Å². The second-order valence-electron chi connectivity index (χ2n) is 4.84. The number of anilines is 2. The number of ether oxygens (including phenoxy) is 1. The predicted molar refractivity (Wildman–Crippen MR) is 80.8 cm³/mol. The van der Waals surface area contributed by atoms with Gasteiger partial charge in [-0.25, -0.2) is 0 Å². The number of carboxylic acids is 1. The quantitative estimate of drug-likeness (QED) is 0.662. The Balaban J connectivity index is 2.20. The van der Waals surface area contributed by atoms with Gasteiger partial charge in [0.05, 0.1) is 24.7 Å². The van der Waals surface area contributed by atoms with Crippen LogP contribution in [0.15, 0.2) is 30.4 Å². The van der Waals surface area contributed by atoms with Crippen LogP contribution in [0.2, 0.25) is 0 Å². The number of amides is 2. The number of carbonyl (C=O) groups is 3. The highest BCUT2D eigenvalue weighted by atomic mass is 16.5. The maximum atomic E-state index is 11.7. The number of carboxylic acid groups (broad SMARTS) is 1. The van der Waals surface area contributed by atoms with E-state index >= 15 is 0 Å². The van der Waals surface area contributed by atoms with Crippen LogP contribution in [0.3, 0.4) is 0 Å². The Morgan fingerprint density at radius 3 is 2.52 bits per heavy atom. The smallest absolute Gasteiger partial charge is 0.250 e. The number of morpholine rings is 1. The molecular formula is C15H16N3O5-. The number of rotatable bonds is 5. The predicted octanol–water partition coefficient (Wildman–Crippen LogP) is -1.13. The number of nitrogens with one attached hydrogen (secondary N) is 1. The molecule has 122 valence electrons. The molecule has 1 saturated heterocycles. The summed E-state index contributed by atoms with van der Waals surface area (Å²) in [7, 11) is 0. The molecular weight excluding hydrogens is 302 g/mol. The number of benzene rings is 1. The van der Waals surface area contributed by atoms with Crippen molar-refractivity contribution < 1.29 is 24.2 Å². The molecule has 0 aromatic heterocycles. The van der Waals surface area contributed by atoms with Crippen molar-refractivity contribution >= 4 is 29.2 Å². The Bertz CT molecular complexity index is 651. The van der Waals surface area contributed by atoms with E-state index in [1.807, 2.05) is 4.90 Å². The van der Waals surface area contributed by atoms with Crippen molar-refractivity contribution in [3.8, 4) is 0 Å². The number of aliphatic carboxylic acids is 1. The van der Waals surface area contributed by atoms with Gasteiger partial charge in [0.15, 0.2) is 0 Å². The van der Waals surface area contributed by atoms with Gasteiger partial charge in [-0.3, -0.25) is 9.59 Å². The average Bonchev–Trinajstić information content (AvgIpc) is 2.53. The van der Waals surface area contributed by atoms with Gasteiger partial charge in [-0.2, -0.15) is 0 Å². The molecule has 1 aliphatic rings. The summed E-state index contributed by atoms with van der Waals surface area (Å²) < 4.78 is 5.27. The van der Waals surface area contributed by atoms with Crippen LogP contribution in [0, 0.1) is 0 Å². The van der Waals surface area contributed by atoms with Gasteiger partial charge in [-0.1, -0.05) is 0 Å². The molecule has 1 aromatic rings. The highest BCUT2D eigenvalue weighted by molar-refractivity contribution is 6.04. The van der Waals surface area contributed by atoms with Gasteiger partial charge in [0, 0.05) is 30.5 Å². The minimum absolute atomic E-state index is 0.272. The fourth-order valence-electron chi connectivity index (χ4n) is 2.22. The van der Waals surface area contributed by atoms with E-state index in [0.717, 1.165) is 6.08 Å². The lowest BCUT2D eigenvalue weighted by atomic mass is 10.1. The average molecular weight is 318 g/mol. The molecule has 8 nitrogen and oxygen atoms in total. The van der Waals surface area contributed by atoms with E-state index in [2.05, 4.69) is 5.32 Å². The molecule has 0 spiro atoms. The highest BCUT2D eigenvalue weighted by Gasteiger charge is 2.18. The van der Waals surface area contributed by atoms with Gasteiger partial charge in [0.25, 0.3) is 5.91 Å². The first-order valence-corrected chi connectivity index (χ1v) is 6.94. The Kier molecular flexibility index (Phi) is 5.32. The Morgan fingerprint density at radius 1 is 1.22 bits per heavy atom. The van der Waals surface area contributed by atoms with Crippen molar-refractivity contribution in [2.75, 3.05) is 36.5 Å². The molecule has 0 aliphatic carbocycles. The Hall–Kier alpha value is -2.87. The van der Waals surface area contributed by atoms with Crippen molar-refractivity contribution in [3.63, 3.8) is 0 Å². The summed E-state index contributed by atoms with van der Waals surface area (Å²) in [6.07, 6.45) is 1.45. The molecule has 0 atom stereocenters. The zero-order valence-electron chi connectivity index (χ0n) is 12.3. The zero-order chi connectivity index (χ0) is 16.8. The van der Waals surface area contributed by atoms with E-state index in [-0.39, 0.29) is 5.56 Å². The second kappa shape index (κ2) is 7.41. The molecule has 0 unspecified atom stereocenters. The minimum Gasteiger partial charge on any atom is -0.545 e. The summed E-state index contributed by atoms with van der Waals surface area (Å²) in [5.41, 5.74) is 6.69. The van der Waals surface area contributed by atoms with Crippen molar-refractivity contribution in [2.24, 2.45) is 5.73 Å². The summed E-state index contributed by atoms with van der Waals surface area (Å²) in [5, 5.41) is 12.7. The number of carbonyl (C=O) groups excluding carboxylic acids is 3. The zero-order valence-corrected chi connectivity index (χ0v) is 12.3. The van der Waals surface area contributed by atoms with Crippen molar-refractivity contribution in [1.82, 2.24) is 0 Å². The number of nitrogens with two attached hydrogens (primary N) is 1. The molecule has 0 saturated carbocycles. The third-order valence-electron chi connectivity index (χ3n) is 3.25. The summed E-state index contributed by atoms with van der Waals surface area (Å²) in [6.45, 7) is 2.40. The van der Waals surface area contributed by atoms with E-state index in [0.29, 0.717) is 43.8 Å². The van der Waals surface area contributed by atoms with Crippen LogP contribution in [0.5, 0.6) is 0 Å². The fraction of sp³-hybridized carbons (Fsp3) is 0.267. The molecule has 1 heterocycles. The largest absolute Gasteiger partial charge is 0.545 e. The second-order valence-corrected chi connectivity index (χ2v) is 4.84. The van der Waals surface area contributed by atoms with Crippen molar-refractivity contribution in [3.05, 3.63) is 35.9 Å². The van der Waals surface area contributed by atoms with Crippen LogP contribution < -0.4 is 21.1 Å². The van der Waals surface area contributed by atoms with Gasteiger partial charge in [-0.15, -0.1) is 0 Å². The van der Waals surface area contributed by atoms with Crippen molar-refractivity contribution in [2.45, 2.75) is 0 Å². The number of hydrogen-bond donors (Lipinski definition) is 2. The third kappa shape index (κ3) is 4.55. The number of hydrogen-bond acceptors (Lipinski definition) is 6. The lowest BCUT2D eigenvalue weighted by Crippen LogP contribution is -2.37. The van der Waals surface area contributed by atoms with Crippen LogP contribution in [0.4, 0.5) is 11.4 Å². The molecule has 8 heteroatoms. The molecule has 23 heavy (non-hydrogen) atoms. The number of nitrogens with zero attached hydrogens (tertiary/aromatic N) is 1. The third-order valence-corrected chi connectivity index (χ3v) is 3.25. The van der Waals surface area contributed by atoms with Gasteiger partial charge in [0.2, 0.25) is 5.91 Å². The molecule has 1 aromatic carbocycles. The van der Waals surface area contributed by atoms with E-state index in [1.165, 1.54) is 6.07 Å². The van der Waals surface area contributed by atoms with Crippen LogP contribution in [0.1, 0.15) is 10.4 Å². The number of primary amides is 1. The van der Waals surface area contributed by atoms with E-state index < -0.39 is 17.8 Å². The first kappa shape index (κ1) is 16.5. The van der Waals surface area contributed by atoms with Crippen LogP contribution >= 0.6 is 0 Å². The molecule has 2 rings (SSSR count). The molecule has 3 N–H and O–H groups in total. The monoisotopic (exact) mass is 318 g/mol. The SMILES string of the molecule is NC(=O)c1cc(NC(=O)/C=C\C(=O)[O-])ccc1N1CCOCC1. The maximum Gasteiger partial charge on any atom is 0.250 e. The molecule has 1 fully saturated rings. The highest BCUT2D eigenvalue weighted by Crippen LogP contribution is 2.25. The van der Waals surface area contributed by atoms with Gasteiger partial charge in [-0.05, 0) is 24.3 Å². The fourth-order valence-corrected chi connectivity index (χ4v) is 2.22. The topological polar surface area (TPSA) is 125 Å². The minimum atomic E-state index is -1.47. The molecule has 0 radical (unpaired) electrons. The first-order valence-electron chi connectivity index (χ1n) is 6.94. The van der Waals surface area contributed by atoms with Crippen molar-refractivity contribution in [1.29, 1.82) is 0 Å². The van der Waals surface area contributed by atoms with Gasteiger partial charge < -0.3 is 30.6 Å². The van der Waals surface area contributed by atoms with E-state index in [1.54, 1.807) is 12.1 Å². The molecule has 2 amide bonds. The lowest BCUT2D eigenvalue weighted by Gasteiger charge is -2.30. The van der Waals surface area contributed by atoms with Crippen LogP contribution in [-0.4, -0.2) is 44.1 Å². The summed E-state index contributed by atoms with van der Waals surface area (Å²) >= 11 is 0. The van der Waals surface area contributed by atoms with Gasteiger partial charge >= 0.3 is 0 Å². The first-order chi connectivity index (χ1) is 11.0. The Labute approximate surface area is 132 Å². The maximum absolute atomic E-state index is 11.7.